The normalized spacial score (nSPS) is 29.8. The van der Waals surface area contributed by atoms with Crippen molar-refractivity contribution in [2.75, 3.05) is 13.2 Å². The van der Waals surface area contributed by atoms with E-state index in [1.807, 2.05) is 0 Å². The molecule has 12 heavy (non-hydrogen) atoms. The number of carbonyl (C=O) groups excluding carboxylic acids is 1. The Kier molecular flexibility index (Phi) is 2.59. The molecule has 0 aromatic rings. The maximum atomic E-state index is 11.0. The van der Waals surface area contributed by atoms with E-state index in [1.54, 1.807) is 0 Å². The summed E-state index contributed by atoms with van der Waals surface area (Å²) in [4.78, 5) is 11.0. The summed E-state index contributed by atoms with van der Waals surface area (Å²) in [6, 6.07) is 0. The summed E-state index contributed by atoms with van der Waals surface area (Å²) in [6.07, 6.45) is -9.82. The van der Waals surface area contributed by atoms with Crippen LogP contribution in [0.3, 0.4) is 0 Å². The molecule has 0 bridgehead atoms. The van der Waals surface area contributed by atoms with Crippen LogP contribution in [0.4, 0.5) is 0 Å². The number of aliphatic hydroxyl groups excluding tert-OH is 2. The van der Waals surface area contributed by atoms with Gasteiger partial charge in [-0.25, -0.2) is 0 Å². The molecule has 72 valence electrons. The molecule has 0 heterocycles. The van der Waals surface area contributed by atoms with Gasteiger partial charge in [-0.3, -0.25) is 4.79 Å². The van der Waals surface area contributed by atoms with E-state index in [2.05, 4.69) is 0 Å². The van der Waals surface area contributed by atoms with Crippen molar-refractivity contribution in [3.8, 4) is 0 Å². The fraction of sp³-hybridized carbons (Fsp3) is 0.833. The molecule has 0 saturated heterocycles. The zero-order valence-corrected chi connectivity index (χ0v) is 5.93. The monoisotopic (exact) mass is 184 g/mol. The van der Waals surface area contributed by atoms with Gasteiger partial charge in [0.25, 0.3) is 0 Å². The van der Waals surface area contributed by atoms with Crippen LogP contribution < -0.4 is 0 Å². The van der Waals surface area contributed by atoms with Gasteiger partial charge in [0, 0.05) is 0 Å². The van der Waals surface area contributed by atoms with Crippen molar-refractivity contribution >= 4 is 5.78 Å². The topological polar surface area (TPSA) is 118 Å². The Bertz CT molecular complexity index is 273. The summed E-state index contributed by atoms with van der Waals surface area (Å²) in [5, 5.41) is 44.3. The van der Waals surface area contributed by atoms with Crippen molar-refractivity contribution < 1.29 is 35.8 Å². The predicted octanol–water partition coefficient (Wildman–Crippen LogP) is -3.38. The van der Waals surface area contributed by atoms with Crippen LogP contribution in [-0.2, 0) is 4.79 Å². The molecule has 3 atom stereocenters. The largest absolute Gasteiger partial charge is 0.394 e. The van der Waals surface area contributed by atoms with Gasteiger partial charge in [-0.15, -0.1) is 0 Å². The van der Waals surface area contributed by atoms with Crippen LogP contribution in [-0.4, -0.2) is 62.7 Å². The second kappa shape index (κ2) is 5.18. The number of aliphatic hydroxyl groups is 5. The van der Waals surface area contributed by atoms with E-state index in [9.17, 15) is 4.79 Å². The maximum absolute atomic E-state index is 11.0. The summed E-state index contributed by atoms with van der Waals surface area (Å²) < 4.78 is 26.9. The summed E-state index contributed by atoms with van der Waals surface area (Å²) in [6.45, 7) is -4.91. The van der Waals surface area contributed by atoms with E-state index < -0.39 is 37.2 Å². The lowest BCUT2D eigenvalue weighted by Gasteiger charge is -2.19. The molecule has 0 fully saturated rings. The smallest absolute Gasteiger partial charge is 0.189 e. The van der Waals surface area contributed by atoms with Crippen molar-refractivity contribution in [3.63, 3.8) is 0 Å². The minimum atomic E-state index is -3.84. The van der Waals surface area contributed by atoms with E-state index in [0.717, 1.165) is 0 Å². The van der Waals surface area contributed by atoms with Crippen LogP contribution in [0.1, 0.15) is 5.48 Å². The molecular formula is C6H12O6. The molecule has 0 rings (SSSR count). The molecule has 0 unspecified atom stereocenters. The van der Waals surface area contributed by atoms with E-state index in [1.165, 1.54) is 0 Å². The Morgan fingerprint density at radius 3 is 2.25 bits per heavy atom. The molecule has 6 heteroatoms. The van der Waals surface area contributed by atoms with Gasteiger partial charge in [0.1, 0.15) is 24.8 Å². The minimum absolute atomic E-state index is 1.25. The highest BCUT2D eigenvalue weighted by molar-refractivity contribution is 5.84. The standard InChI is InChI=1S/C6H12O6/c7-1-3(9)5(11)6(12)4(10)2-8/h3,5-9,11-12H,1-2H2/t3-,5-,6-/m1/s1/i2D2,5D,6D. The molecule has 0 aromatic heterocycles. The number of hydrogen-bond donors (Lipinski definition) is 5. The number of rotatable bonds is 5. The molecule has 0 aliphatic heterocycles. The van der Waals surface area contributed by atoms with Crippen LogP contribution in [0.2, 0.25) is 0 Å². The number of Topliss-reactive ketones (excluding diaryl/α,β-unsaturated/α-hetero) is 1. The van der Waals surface area contributed by atoms with Crippen molar-refractivity contribution in [1.82, 2.24) is 0 Å². The quantitative estimate of drug-likeness (QED) is 0.304. The molecule has 0 amide bonds. The first kappa shape index (κ1) is 6.01. The Balaban J connectivity index is 5.27. The fourth-order valence-electron chi connectivity index (χ4n) is 0.414. The van der Waals surface area contributed by atoms with Crippen LogP contribution in [0.5, 0.6) is 0 Å². The van der Waals surface area contributed by atoms with Gasteiger partial charge in [0.2, 0.25) is 0 Å². The number of ketones is 1. The van der Waals surface area contributed by atoms with E-state index in [-0.39, 0.29) is 0 Å². The average Bonchev–Trinajstić information content (AvgIpc) is 2.13. The van der Waals surface area contributed by atoms with Crippen molar-refractivity contribution in [2.45, 2.75) is 18.3 Å². The third kappa shape index (κ3) is 2.84. The second-order valence-corrected chi connectivity index (χ2v) is 1.87. The zero-order valence-electron chi connectivity index (χ0n) is 9.93. The summed E-state index contributed by atoms with van der Waals surface area (Å²) in [5.74, 6) is -2.23. The molecule has 0 aromatic carbocycles. The highest BCUT2D eigenvalue weighted by Crippen LogP contribution is 2.00. The summed E-state index contributed by atoms with van der Waals surface area (Å²) in [5.41, 5.74) is 0. The van der Waals surface area contributed by atoms with Gasteiger partial charge in [0.15, 0.2) is 5.78 Å². The molecule has 0 saturated carbocycles. The molecule has 0 radical (unpaired) electrons. The summed E-state index contributed by atoms with van der Waals surface area (Å²) in [7, 11) is 0. The van der Waals surface area contributed by atoms with Crippen molar-refractivity contribution in [1.29, 1.82) is 0 Å². The molecule has 0 aliphatic rings. The molecular weight excluding hydrogens is 168 g/mol. The van der Waals surface area contributed by atoms with E-state index >= 15 is 0 Å². The third-order valence-corrected chi connectivity index (χ3v) is 1.05. The van der Waals surface area contributed by atoms with E-state index in [0.29, 0.717) is 0 Å². The van der Waals surface area contributed by atoms with Gasteiger partial charge in [-0.2, -0.15) is 0 Å². The van der Waals surface area contributed by atoms with Crippen LogP contribution in [0, 0.1) is 0 Å². The molecule has 0 spiro atoms. The van der Waals surface area contributed by atoms with Gasteiger partial charge in [-0.1, -0.05) is 0 Å². The predicted molar refractivity (Wildman–Crippen MR) is 37.2 cm³/mol. The van der Waals surface area contributed by atoms with Gasteiger partial charge in [-0.05, 0) is 0 Å². The van der Waals surface area contributed by atoms with Gasteiger partial charge < -0.3 is 25.5 Å². The first-order valence-electron chi connectivity index (χ1n) is 4.90. The zero-order chi connectivity index (χ0) is 13.4. The number of carbonyl (C=O) groups is 1. The first-order chi connectivity index (χ1) is 6.89. The lowest BCUT2D eigenvalue weighted by Crippen LogP contribution is -2.44. The van der Waals surface area contributed by atoms with Crippen LogP contribution in [0.25, 0.3) is 0 Å². The van der Waals surface area contributed by atoms with E-state index in [4.69, 9.17) is 31.0 Å². The third-order valence-electron chi connectivity index (χ3n) is 1.05. The Morgan fingerprint density at radius 1 is 1.42 bits per heavy atom. The van der Waals surface area contributed by atoms with Crippen molar-refractivity contribution in [3.05, 3.63) is 0 Å². The lowest BCUT2D eigenvalue weighted by molar-refractivity contribution is -0.142. The lowest BCUT2D eigenvalue weighted by atomic mass is 10.1. The molecule has 0 aliphatic carbocycles. The maximum Gasteiger partial charge on any atom is 0.189 e. The van der Waals surface area contributed by atoms with Gasteiger partial charge >= 0.3 is 0 Å². The Hall–Kier alpha value is -0.530. The van der Waals surface area contributed by atoms with Crippen molar-refractivity contribution in [2.24, 2.45) is 0 Å². The van der Waals surface area contributed by atoms with Crippen LogP contribution in [0.15, 0.2) is 0 Å². The second-order valence-electron chi connectivity index (χ2n) is 1.87. The number of hydrogen-bond acceptors (Lipinski definition) is 6. The first-order valence-corrected chi connectivity index (χ1v) is 2.90. The van der Waals surface area contributed by atoms with Crippen LogP contribution >= 0.6 is 0 Å². The Morgan fingerprint density at radius 2 is 1.92 bits per heavy atom. The molecule has 6 nitrogen and oxygen atoms in total. The average molecular weight is 184 g/mol. The Labute approximate surface area is 74.3 Å². The highest BCUT2D eigenvalue weighted by Gasteiger charge is 2.28. The summed E-state index contributed by atoms with van der Waals surface area (Å²) >= 11 is 0. The highest BCUT2D eigenvalue weighted by atomic mass is 16.4. The van der Waals surface area contributed by atoms with Gasteiger partial charge in [0.05, 0.1) is 12.1 Å². The minimum Gasteiger partial charge on any atom is -0.394 e. The fourth-order valence-corrected chi connectivity index (χ4v) is 0.414. The SMILES string of the molecule is [2H]C([2H])(O)C(=O)[C@@]([2H])(O)[C@]([2H])(O)[C@H](O)CO. The molecule has 5 N–H and O–H groups in total.